The van der Waals surface area contributed by atoms with Gasteiger partial charge in [0.25, 0.3) is 5.91 Å². The summed E-state index contributed by atoms with van der Waals surface area (Å²) in [5.41, 5.74) is -2.50. The number of carbonyl (C=O) groups excluding carboxylic acids is 2. The fourth-order valence-electron chi connectivity index (χ4n) is 5.44. The van der Waals surface area contributed by atoms with Gasteiger partial charge in [-0.3, -0.25) is 9.59 Å². The van der Waals surface area contributed by atoms with Crippen molar-refractivity contribution in [2.24, 2.45) is 29.6 Å². The van der Waals surface area contributed by atoms with Gasteiger partial charge in [0.15, 0.2) is 11.4 Å². The lowest BCUT2D eigenvalue weighted by Gasteiger charge is -2.40. The van der Waals surface area contributed by atoms with Gasteiger partial charge in [-0.15, -0.1) is 0 Å². The number of aliphatic hydroxyl groups excluding tert-OH is 1. The molecular formula is C25H35NO6. The van der Waals surface area contributed by atoms with E-state index in [1.165, 1.54) is 26.0 Å². The Kier molecular flexibility index (Phi) is 6.98. The minimum atomic E-state index is -2.16. The van der Waals surface area contributed by atoms with Crippen LogP contribution in [-0.4, -0.2) is 56.6 Å². The molecule has 1 heterocycles. The summed E-state index contributed by atoms with van der Waals surface area (Å²) in [4.78, 5) is 38.5. The number of fused-ring (bicyclic) bond motifs is 1. The number of aliphatic carboxylic acids is 1. The van der Waals surface area contributed by atoms with E-state index in [4.69, 9.17) is 0 Å². The first-order valence-corrected chi connectivity index (χ1v) is 11.6. The zero-order valence-corrected chi connectivity index (χ0v) is 19.3. The number of allylic oxidation sites excluding steroid dienone is 4. The van der Waals surface area contributed by atoms with E-state index in [2.05, 4.69) is 19.1 Å². The Hall–Kier alpha value is -2.41. The zero-order chi connectivity index (χ0) is 23.8. The molecule has 0 radical (unpaired) electrons. The highest BCUT2D eigenvalue weighted by atomic mass is 16.4. The van der Waals surface area contributed by atoms with Gasteiger partial charge in [0, 0.05) is 13.5 Å². The summed E-state index contributed by atoms with van der Waals surface area (Å²) >= 11 is 0. The molecule has 3 aliphatic rings. The molecule has 1 saturated heterocycles. The van der Waals surface area contributed by atoms with Crippen molar-refractivity contribution in [2.75, 3.05) is 7.05 Å². The third-order valence-corrected chi connectivity index (χ3v) is 7.75. The van der Waals surface area contributed by atoms with Gasteiger partial charge in [-0.2, -0.15) is 0 Å². The molecule has 1 aliphatic heterocycles. The summed E-state index contributed by atoms with van der Waals surface area (Å²) in [7, 11) is 1.39. The number of aliphatic hydroxyl groups is 2. The smallest absolute Gasteiger partial charge is 0.336 e. The lowest BCUT2D eigenvalue weighted by molar-refractivity contribution is -0.166. The monoisotopic (exact) mass is 445 g/mol. The molecule has 3 N–H and O–H groups in total. The zero-order valence-electron chi connectivity index (χ0n) is 19.3. The number of rotatable bonds is 6. The second-order valence-electron chi connectivity index (χ2n) is 9.94. The molecule has 0 aromatic rings. The number of hydrogen-bond acceptors (Lipinski definition) is 5. The number of ketones is 1. The first kappa shape index (κ1) is 24.2. The van der Waals surface area contributed by atoms with Crippen molar-refractivity contribution < 1.29 is 29.7 Å². The van der Waals surface area contributed by atoms with Crippen molar-refractivity contribution in [2.45, 2.75) is 64.5 Å². The summed E-state index contributed by atoms with van der Waals surface area (Å²) in [6.45, 7) is 5.23. The Balaban J connectivity index is 1.85. The quantitative estimate of drug-likeness (QED) is 0.250. The van der Waals surface area contributed by atoms with Crippen LogP contribution < -0.4 is 0 Å². The number of Topliss-reactive ketones (excluding diaryl/α,β-unsaturated/α-hetero) is 1. The van der Waals surface area contributed by atoms with Gasteiger partial charge in [0.1, 0.15) is 11.3 Å². The summed E-state index contributed by atoms with van der Waals surface area (Å²) in [5, 5.41) is 30.8. The molecule has 0 bridgehead atoms. The first-order chi connectivity index (χ1) is 15.0. The molecule has 3 rings (SSSR count). The number of nitrogens with zero attached hydrogens (tertiary/aromatic N) is 1. The molecule has 1 saturated carbocycles. The summed E-state index contributed by atoms with van der Waals surface area (Å²) in [5.74, 6) is -2.30. The average molecular weight is 446 g/mol. The minimum absolute atomic E-state index is 0.214. The van der Waals surface area contributed by atoms with E-state index in [1.807, 2.05) is 6.08 Å². The second kappa shape index (κ2) is 9.22. The van der Waals surface area contributed by atoms with Crippen LogP contribution in [-0.2, 0) is 14.4 Å². The van der Waals surface area contributed by atoms with Crippen LogP contribution in [0.5, 0.6) is 0 Å². The van der Waals surface area contributed by atoms with Crippen molar-refractivity contribution in [1.29, 1.82) is 0 Å². The van der Waals surface area contributed by atoms with Crippen LogP contribution >= 0.6 is 0 Å². The molecule has 3 unspecified atom stereocenters. The predicted octanol–water partition coefficient (Wildman–Crippen LogP) is 3.25. The van der Waals surface area contributed by atoms with E-state index in [1.54, 1.807) is 13.8 Å². The number of hydrogen-bond donors (Lipinski definition) is 3. The van der Waals surface area contributed by atoms with E-state index in [0.29, 0.717) is 17.8 Å². The van der Waals surface area contributed by atoms with Crippen molar-refractivity contribution in [3.05, 3.63) is 35.6 Å². The maximum atomic E-state index is 13.0. The van der Waals surface area contributed by atoms with Crippen molar-refractivity contribution >= 4 is 17.7 Å². The van der Waals surface area contributed by atoms with Crippen LogP contribution in [0.15, 0.2) is 35.6 Å². The maximum absolute atomic E-state index is 13.0. The number of likely N-dealkylation sites (tertiary alicyclic amines) is 1. The van der Waals surface area contributed by atoms with Crippen molar-refractivity contribution in [3.8, 4) is 0 Å². The minimum Gasteiger partial charge on any atom is -0.507 e. The molecule has 2 aliphatic carbocycles. The van der Waals surface area contributed by atoms with Gasteiger partial charge >= 0.3 is 5.97 Å². The van der Waals surface area contributed by atoms with Crippen LogP contribution in [0.4, 0.5) is 0 Å². The fraction of sp³-hybridized carbons (Fsp3) is 0.640. The van der Waals surface area contributed by atoms with Gasteiger partial charge < -0.3 is 20.2 Å². The molecular weight excluding hydrogens is 410 g/mol. The van der Waals surface area contributed by atoms with E-state index >= 15 is 0 Å². The molecule has 6 atom stereocenters. The molecule has 0 spiro atoms. The number of likely N-dealkylation sites (N-methyl/N-ethyl adjacent to an activating group) is 1. The van der Waals surface area contributed by atoms with Crippen LogP contribution in [0.2, 0.25) is 0 Å². The Morgan fingerprint density at radius 3 is 2.50 bits per heavy atom. The molecule has 32 heavy (non-hydrogen) atoms. The second-order valence-corrected chi connectivity index (χ2v) is 9.94. The predicted molar refractivity (Wildman–Crippen MR) is 120 cm³/mol. The molecule has 7 heteroatoms. The van der Waals surface area contributed by atoms with Crippen molar-refractivity contribution in [1.82, 2.24) is 4.90 Å². The SMILES string of the molecule is CC(C)C(O)(CC1C(=O)/C(=C(O)/C=C/[C@@H]2C3CCCC[C@@H]3C=C[C@@H]2C)C(=O)N1C)C(=O)O. The largest absolute Gasteiger partial charge is 0.507 e. The topological polar surface area (TPSA) is 115 Å². The standard InChI is InChI=1S/C25H35NO6/c1-14(2)25(32,24(30)31)13-19-22(28)21(23(29)26(19)4)20(27)12-11-17-15(3)9-10-16-7-5-6-8-18(16)17/h9-12,14-19,27,32H,5-8,13H2,1-4H3,(H,30,31)/b12-11+,21-20+/t15-,16+,17-,18?,19?,25?/m0/s1. The number of carboxylic acids is 1. The first-order valence-electron chi connectivity index (χ1n) is 11.6. The third kappa shape index (κ3) is 4.27. The highest BCUT2D eigenvalue weighted by molar-refractivity contribution is 6.27. The van der Waals surface area contributed by atoms with Gasteiger partial charge in [-0.25, -0.2) is 4.79 Å². The summed E-state index contributed by atoms with van der Waals surface area (Å²) in [6.07, 6.45) is 12.1. The van der Waals surface area contributed by atoms with Gasteiger partial charge in [0.05, 0.1) is 6.04 Å². The van der Waals surface area contributed by atoms with Gasteiger partial charge in [-0.05, 0) is 48.5 Å². The van der Waals surface area contributed by atoms with E-state index < -0.39 is 47.4 Å². The van der Waals surface area contributed by atoms with Crippen LogP contribution in [0.3, 0.4) is 0 Å². The van der Waals surface area contributed by atoms with Gasteiger partial charge in [0.2, 0.25) is 0 Å². The lowest BCUT2D eigenvalue weighted by Crippen LogP contribution is -2.49. The van der Waals surface area contributed by atoms with Crippen molar-refractivity contribution in [3.63, 3.8) is 0 Å². The van der Waals surface area contributed by atoms with E-state index in [9.17, 15) is 29.7 Å². The lowest BCUT2D eigenvalue weighted by atomic mass is 9.65. The fourth-order valence-corrected chi connectivity index (χ4v) is 5.44. The third-order valence-electron chi connectivity index (χ3n) is 7.75. The molecule has 0 aromatic heterocycles. The molecule has 176 valence electrons. The van der Waals surface area contributed by atoms with Crippen LogP contribution in [0.1, 0.15) is 52.9 Å². The van der Waals surface area contributed by atoms with Gasteiger partial charge in [-0.1, -0.05) is 51.8 Å². The average Bonchev–Trinajstić information content (AvgIpc) is 2.95. The Bertz CT molecular complexity index is 872. The van der Waals surface area contributed by atoms with E-state index in [-0.39, 0.29) is 11.5 Å². The normalized spacial score (nSPS) is 34.2. The number of carbonyl (C=O) groups is 3. The highest BCUT2D eigenvalue weighted by Crippen LogP contribution is 2.43. The summed E-state index contributed by atoms with van der Waals surface area (Å²) < 4.78 is 0. The number of carboxylic acid groups (broad SMARTS) is 1. The molecule has 7 nitrogen and oxygen atoms in total. The van der Waals surface area contributed by atoms with Crippen LogP contribution in [0, 0.1) is 29.6 Å². The Labute approximate surface area is 189 Å². The molecule has 0 aromatic carbocycles. The van der Waals surface area contributed by atoms with Crippen LogP contribution in [0.25, 0.3) is 0 Å². The Morgan fingerprint density at radius 1 is 1.22 bits per heavy atom. The highest BCUT2D eigenvalue weighted by Gasteiger charge is 2.50. The van der Waals surface area contributed by atoms with E-state index in [0.717, 1.165) is 17.7 Å². The molecule has 2 fully saturated rings. The maximum Gasteiger partial charge on any atom is 0.336 e. The Morgan fingerprint density at radius 2 is 1.88 bits per heavy atom. The molecule has 1 amide bonds. The summed E-state index contributed by atoms with van der Waals surface area (Å²) in [6, 6.07) is -1.14. The number of amides is 1.